The Bertz CT molecular complexity index is 1620. The third kappa shape index (κ3) is 5.66. The summed E-state index contributed by atoms with van der Waals surface area (Å²) in [7, 11) is 0. The summed E-state index contributed by atoms with van der Waals surface area (Å²) in [6.07, 6.45) is 12.7. The predicted molar refractivity (Wildman–Crippen MR) is 173 cm³/mol. The lowest BCUT2D eigenvalue weighted by Crippen LogP contribution is -2.17. The summed E-state index contributed by atoms with van der Waals surface area (Å²) in [5.74, 6) is 0. The average Bonchev–Trinajstić information content (AvgIpc) is 2.98. The second-order valence-corrected chi connectivity index (χ2v) is 11.5. The molecule has 0 saturated heterocycles. The molecular formula is C36H28BrNS. The molecule has 0 amide bonds. The number of hydrogen-bond acceptors (Lipinski definition) is 2. The van der Waals surface area contributed by atoms with E-state index < -0.39 is 0 Å². The predicted octanol–water partition coefficient (Wildman–Crippen LogP) is 11.2. The van der Waals surface area contributed by atoms with Gasteiger partial charge in [-0.2, -0.15) is 0 Å². The van der Waals surface area contributed by atoms with Crippen molar-refractivity contribution in [1.82, 2.24) is 0 Å². The molecule has 0 fully saturated rings. The Kier molecular flexibility index (Phi) is 7.53. The van der Waals surface area contributed by atoms with Gasteiger partial charge in [0.05, 0.1) is 0 Å². The smallest absolute Gasteiger partial charge is 0.0458 e. The summed E-state index contributed by atoms with van der Waals surface area (Å²) < 4.78 is 1.09. The van der Waals surface area contributed by atoms with Crippen molar-refractivity contribution in [2.75, 3.05) is 4.90 Å². The third-order valence-electron chi connectivity index (χ3n) is 7.11. The molecule has 0 unspecified atom stereocenters. The summed E-state index contributed by atoms with van der Waals surface area (Å²) in [6, 6.07) is 34.8. The van der Waals surface area contributed by atoms with Gasteiger partial charge in [0.2, 0.25) is 0 Å². The molecule has 1 aliphatic heterocycles. The standard InChI is InChI=1S/C36H28BrNS/c1-26-7-5-6-24-39-36-23-16-30(25-35(26)36)29-14-21-34(22-15-29)38(32-8-3-2-4-9-32)33-19-12-28(13-20-33)27-10-17-31(37)18-11-27/h2-14,16-21,23-25H,1,15,22H2/b7-5-,24-6-. The van der Waals surface area contributed by atoms with Gasteiger partial charge < -0.3 is 4.90 Å². The number of fused-ring (bicyclic) bond motifs is 1. The van der Waals surface area contributed by atoms with Crippen LogP contribution in [0.3, 0.4) is 0 Å². The minimum absolute atomic E-state index is 0.963. The molecular weight excluding hydrogens is 558 g/mol. The normalized spacial score (nSPS) is 16.3. The topological polar surface area (TPSA) is 3.24 Å². The maximum Gasteiger partial charge on any atom is 0.0458 e. The quantitative estimate of drug-likeness (QED) is 0.229. The zero-order chi connectivity index (χ0) is 26.6. The molecule has 190 valence electrons. The van der Waals surface area contributed by atoms with Gasteiger partial charge in [0.25, 0.3) is 0 Å². The number of halogens is 1. The van der Waals surface area contributed by atoms with Crippen LogP contribution in [0.25, 0.3) is 22.3 Å². The van der Waals surface area contributed by atoms with Crippen LogP contribution >= 0.6 is 27.7 Å². The molecule has 39 heavy (non-hydrogen) atoms. The molecule has 0 N–H and O–H groups in total. The lowest BCUT2D eigenvalue weighted by atomic mass is 9.92. The minimum Gasteiger partial charge on any atom is -0.314 e. The van der Waals surface area contributed by atoms with Crippen molar-refractivity contribution in [3.05, 3.63) is 161 Å². The number of rotatable bonds is 5. The number of nitrogens with zero attached hydrogens (tertiary/aromatic N) is 1. The average molecular weight is 587 g/mol. The zero-order valence-corrected chi connectivity index (χ0v) is 24.0. The van der Waals surface area contributed by atoms with Gasteiger partial charge >= 0.3 is 0 Å². The Labute approximate surface area is 243 Å². The van der Waals surface area contributed by atoms with Crippen LogP contribution in [0.5, 0.6) is 0 Å². The highest BCUT2D eigenvalue weighted by Crippen LogP contribution is 2.39. The van der Waals surface area contributed by atoms with Crippen molar-refractivity contribution >= 4 is 50.2 Å². The first-order valence-electron chi connectivity index (χ1n) is 13.1. The fraction of sp³-hybridized carbons (Fsp3) is 0.0556. The monoisotopic (exact) mass is 585 g/mol. The molecule has 6 rings (SSSR count). The van der Waals surface area contributed by atoms with Crippen LogP contribution in [0.15, 0.2) is 154 Å². The van der Waals surface area contributed by atoms with Crippen LogP contribution in [0.2, 0.25) is 0 Å². The fourth-order valence-corrected chi connectivity index (χ4v) is 6.10. The highest BCUT2D eigenvalue weighted by molar-refractivity contribution is 9.10. The summed E-state index contributed by atoms with van der Waals surface area (Å²) >= 11 is 5.28. The Morgan fingerprint density at radius 3 is 2.10 bits per heavy atom. The van der Waals surface area contributed by atoms with Crippen LogP contribution < -0.4 is 4.90 Å². The second-order valence-electron chi connectivity index (χ2n) is 9.62. The molecule has 2 aliphatic rings. The molecule has 4 aromatic carbocycles. The highest BCUT2D eigenvalue weighted by atomic mass is 79.9. The number of allylic oxidation sites excluding steroid dienone is 8. The molecule has 1 heterocycles. The molecule has 4 aromatic rings. The van der Waals surface area contributed by atoms with Gasteiger partial charge in [-0.25, -0.2) is 0 Å². The van der Waals surface area contributed by atoms with Gasteiger partial charge in [0, 0.05) is 26.4 Å². The van der Waals surface area contributed by atoms with E-state index in [1.54, 1.807) is 11.8 Å². The Balaban J connectivity index is 1.32. The number of thioether (sulfide) groups is 1. The molecule has 0 aromatic heterocycles. The van der Waals surface area contributed by atoms with E-state index >= 15 is 0 Å². The van der Waals surface area contributed by atoms with Gasteiger partial charge in [-0.05, 0) is 106 Å². The van der Waals surface area contributed by atoms with Gasteiger partial charge in [-0.15, -0.1) is 0 Å². The van der Waals surface area contributed by atoms with Crippen molar-refractivity contribution < 1.29 is 0 Å². The van der Waals surface area contributed by atoms with E-state index in [1.165, 1.54) is 49.8 Å². The lowest BCUT2D eigenvalue weighted by molar-refractivity contribution is 0.929. The fourth-order valence-electron chi connectivity index (χ4n) is 5.06. The second kappa shape index (κ2) is 11.5. The van der Waals surface area contributed by atoms with Crippen LogP contribution in [0.4, 0.5) is 11.4 Å². The van der Waals surface area contributed by atoms with Crippen molar-refractivity contribution in [2.24, 2.45) is 0 Å². The van der Waals surface area contributed by atoms with Crippen molar-refractivity contribution in [2.45, 2.75) is 17.7 Å². The number of benzene rings is 4. The third-order valence-corrected chi connectivity index (χ3v) is 8.54. The highest BCUT2D eigenvalue weighted by Gasteiger charge is 2.19. The molecule has 0 saturated carbocycles. The molecule has 1 aliphatic carbocycles. The number of hydrogen-bond donors (Lipinski definition) is 0. The van der Waals surface area contributed by atoms with Crippen molar-refractivity contribution in [3.63, 3.8) is 0 Å². The Morgan fingerprint density at radius 1 is 0.692 bits per heavy atom. The van der Waals surface area contributed by atoms with Gasteiger partial charge in [0.1, 0.15) is 0 Å². The summed E-state index contributed by atoms with van der Waals surface area (Å²) in [4.78, 5) is 3.63. The lowest BCUT2D eigenvalue weighted by Gasteiger charge is -2.30. The Hall–Kier alpha value is -3.79. The van der Waals surface area contributed by atoms with Gasteiger partial charge in [-0.1, -0.05) is 107 Å². The summed E-state index contributed by atoms with van der Waals surface area (Å²) in [5, 5.41) is 2.12. The van der Waals surface area contributed by atoms with Crippen LogP contribution in [0, 0.1) is 0 Å². The molecule has 0 radical (unpaired) electrons. The summed E-state index contributed by atoms with van der Waals surface area (Å²) in [6.45, 7) is 4.30. The van der Waals surface area contributed by atoms with Crippen LogP contribution in [0.1, 0.15) is 24.0 Å². The largest absolute Gasteiger partial charge is 0.314 e. The molecule has 0 bridgehead atoms. The maximum absolute atomic E-state index is 4.30. The first kappa shape index (κ1) is 25.5. The molecule has 0 spiro atoms. The molecule has 3 heteroatoms. The summed E-state index contributed by atoms with van der Waals surface area (Å²) in [5.41, 5.74) is 11.0. The number of anilines is 2. The number of para-hydroxylation sites is 1. The van der Waals surface area contributed by atoms with E-state index in [2.05, 4.69) is 160 Å². The van der Waals surface area contributed by atoms with E-state index in [0.29, 0.717) is 0 Å². The van der Waals surface area contributed by atoms with E-state index in [4.69, 9.17) is 0 Å². The maximum atomic E-state index is 4.30. The van der Waals surface area contributed by atoms with Crippen LogP contribution in [-0.4, -0.2) is 0 Å². The molecule has 1 nitrogen and oxygen atoms in total. The van der Waals surface area contributed by atoms with E-state index in [-0.39, 0.29) is 0 Å². The van der Waals surface area contributed by atoms with Gasteiger partial charge in [0.15, 0.2) is 0 Å². The minimum atomic E-state index is 0.963. The molecule has 0 atom stereocenters. The van der Waals surface area contributed by atoms with Crippen molar-refractivity contribution in [1.29, 1.82) is 0 Å². The SMILES string of the molecule is C=C1/C=C\C=C/Sc2ccc(C3=CC=C(N(c4ccccc4)c4ccc(-c5ccc(Br)cc5)cc4)CC3)cc21. The Morgan fingerprint density at radius 2 is 1.38 bits per heavy atom. The van der Waals surface area contributed by atoms with E-state index in [0.717, 1.165) is 22.9 Å². The van der Waals surface area contributed by atoms with Crippen molar-refractivity contribution in [3.8, 4) is 11.1 Å². The van der Waals surface area contributed by atoms with Crippen LogP contribution in [-0.2, 0) is 0 Å². The van der Waals surface area contributed by atoms with E-state index in [1.807, 2.05) is 0 Å². The first-order valence-corrected chi connectivity index (χ1v) is 14.8. The van der Waals surface area contributed by atoms with Gasteiger partial charge in [-0.3, -0.25) is 0 Å². The van der Waals surface area contributed by atoms with E-state index in [9.17, 15) is 0 Å². The zero-order valence-electron chi connectivity index (χ0n) is 21.6. The first-order chi connectivity index (χ1) is 19.2.